The third-order valence-corrected chi connectivity index (χ3v) is 5.71. The lowest BCUT2D eigenvalue weighted by Crippen LogP contribution is -2.49. The first kappa shape index (κ1) is 20.1. The quantitative estimate of drug-likeness (QED) is 0.457. The van der Waals surface area contributed by atoms with Gasteiger partial charge in [-0.15, -0.1) is 5.10 Å². The van der Waals surface area contributed by atoms with Gasteiger partial charge in [-0.3, -0.25) is 9.69 Å². The van der Waals surface area contributed by atoms with Crippen LogP contribution in [0.5, 0.6) is 0 Å². The second kappa shape index (κ2) is 8.35. The van der Waals surface area contributed by atoms with Crippen molar-refractivity contribution in [3.8, 4) is 5.69 Å². The Kier molecular flexibility index (Phi) is 5.24. The normalized spacial score (nSPS) is 14.7. The molecule has 0 aliphatic carbocycles. The fourth-order valence-corrected chi connectivity index (χ4v) is 3.88. The van der Waals surface area contributed by atoms with Crippen LogP contribution in [0.25, 0.3) is 16.7 Å². The number of hydrogen-bond donors (Lipinski definition) is 0. The van der Waals surface area contributed by atoms with Crippen molar-refractivity contribution in [2.24, 2.45) is 0 Å². The largest absolute Gasteiger partial charge is 0.422 e. The maximum Gasteiger partial charge on any atom is 0.349 e. The standard InChI is InChI=1S/C23H22N6O3/c1-16-6-8-18(9-7-16)29-21(24-25-26-29)15-27-10-12-28(13-11-27)22(30)19-14-17-4-2-3-5-20(17)32-23(19)31/h2-9,14H,10-13,15H2,1H3. The van der Waals surface area contributed by atoms with Crippen LogP contribution in [0, 0.1) is 6.92 Å². The molecule has 0 bridgehead atoms. The van der Waals surface area contributed by atoms with Crippen LogP contribution in [0.1, 0.15) is 21.7 Å². The summed E-state index contributed by atoms with van der Waals surface area (Å²) >= 11 is 0. The van der Waals surface area contributed by atoms with E-state index in [1.807, 2.05) is 43.3 Å². The summed E-state index contributed by atoms with van der Waals surface area (Å²) in [6.07, 6.45) is 0. The van der Waals surface area contributed by atoms with E-state index in [0.717, 1.165) is 16.9 Å². The summed E-state index contributed by atoms with van der Waals surface area (Å²) in [7, 11) is 0. The molecule has 1 aliphatic rings. The number of benzene rings is 2. The molecule has 9 heteroatoms. The smallest absolute Gasteiger partial charge is 0.349 e. The van der Waals surface area contributed by atoms with Gasteiger partial charge < -0.3 is 9.32 Å². The molecule has 0 N–H and O–H groups in total. The van der Waals surface area contributed by atoms with Crippen LogP contribution in [0.15, 0.2) is 63.8 Å². The average molecular weight is 430 g/mol. The molecular formula is C23H22N6O3. The van der Waals surface area contributed by atoms with Gasteiger partial charge in [-0.1, -0.05) is 35.9 Å². The second-order valence-electron chi connectivity index (χ2n) is 7.90. The summed E-state index contributed by atoms with van der Waals surface area (Å²) in [5, 5.41) is 12.9. The van der Waals surface area contributed by atoms with Crippen molar-refractivity contribution in [3.63, 3.8) is 0 Å². The van der Waals surface area contributed by atoms with Crippen LogP contribution < -0.4 is 5.63 Å². The van der Waals surface area contributed by atoms with Gasteiger partial charge >= 0.3 is 5.63 Å². The van der Waals surface area contributed by atoms with Crippen LogP contribution >= 0.6 is 0 Å². The lowest BCUT2D eigenvalue weighted by Gasteiger charge is -2.34. The number of carbonyl (C=O) groups is 1. The fourth-order valence-electron chi connectivity index (χ4n) is 3.88. The van der Waals surface area contributed by atoms with E-state index in [9.17, 15) is 9.59 Å². The van der Waals surface area contributed by atoms with Gasteiger partial charge in [0, 0.05) is 31.6 Å². The Morgan fingerprint density at radius 3 is 2.56 bits per heavy atom. The number of carbonyl (C=O) groups excluding carboxylic acids is 1. The molecule has 32 heavy (non-hydrogen) atoms. The van der Waals surface area contributed by atoms with Crippen molar-refractivity contribution in [2.45, 2.75) is 13.5 Å². The van der Waals surface area contributed by atoms with Crippen molar-refractivity contribution in [2.75, 3.05) is 26.2 Å². The van der Waals surface area contributed by atoms with Gasteiger partial charge in [0.15, 0.2) is 5.82 Å². The van der Waals surface area contributed by atoms with Gasteiger partial charge in [0.25, 0.3) is 5.91 Å². The number of para-hydroxylation sites is 1. The Labute approximate surface area is 183 Å². The zero-order valence-corrected chi connectivity index (χ0v) is 17.6. The molecule has 1 fully saturated rings. The fraction of sp³-hybridized carbons (Fsp3) is 0.261. The third kappa shape index (κ3) is 3.90. The number of amides is 1. The lowest BCUT2D eigenvalue weighted by atomic mass is 10.1. The molecule has 1 saturated heterocycles. The molecule has 0 radical (unpaired) electrons. The minimum absolute atomic E-state index is 0.0699. The van der Waals surface area contributed by atoms with E-state index in [1.165, 1.54) is 5.56 Å². The van der Waals surface area contributed by atoms with E-state index in [2.05, 4.69) is 20.4 Å². The van der Waals surface area contributed by atoms with E-state index >= 15 is 0 Å². The monoisotopic (exact) mass is 430 g/mol. The summed E-state index contributed by atoms with van der Waals surface area (Å²) in [6.45, 7) is 4.94. The summed E-state index contributed by atoms with van der Waals surface area (Å²) in [5.41, 5.74) is 2.02. The summed E-state index contributed by atoms with van der Waals surface area (Å²) < 4.78 is 7.05. The molecular weight excluding hydrogens is 408 g/mol. The number of rotatable bonds is 4. The van der Waals surface area contributed by atoms with Crippen LogP contribution in [-0.4, -0.2) is 62.1 Å². The van der Waals surface area contributed by atoms with Gasteiger partial charge in [-0.25, -0.2) is 4.79 Å². The molecule has 0 saturated carbocycles. The molecule has 2 aromatic heterocycles. The molecule has 0 unspecified atom stereocenters. The molecule has 3 heterocycles. The van der Waals surface area contributed by atoms with Crippen molar-refractivity contribution in [1.82, 2.24) is 30.0 Å². The zero-order valence-electron chi connectivity index (χ0n) is 17.6. The highest BCUT2D eigenvalue weighted by atomic mass is 16.4. The number of hydrogen-bond acceptors (Lipinski definition) is 7. The molecule has 1 amide bonds. The molecule has 0 spiro atoms. The molecule has 1 aliphatic heterocycles. The first-order valence-electron chi connectivity index (χ1n) is 10.5. The van der Waals surface area contributed by atoms with Crippen LogP contribution in [0.4, 0.5) is 0 Å². The third-order valence-electron chi connectivity index (χ3n) is 5.71. The SMILES string of the molecule is Cc1ccc(-n2nnnc2CN2CCN(C(=O)c3cc4ccccc4oc3=O)CC2)cc1. The van der Waals surface area contributed by atoms with Gasteiger partial charge in [0.05, 0.1) is 12.2 Å². The first-order chi connectivity index (χ1) is 15.6. The van der Waals surface area contributed by atoms with E-state index < -0.39 is 5.63 Å². The minimum Gasteiger partial charge on any atom is -0.422 e. The first-order valence-corrected chi connectivity index (χ1v) is 10.5. The minimum atomic E-state index is -0.603. The number of nitrogens with zero attached hydrogens (tertiary/aromatic N) is 6. The van der Waals surface area contributed by atoms with Crippen molar-refractivity contribution in [1.29, 1.82) is 0 Å². The topological polar surface area (TPSA) is 97.4 Å². The Hall–Kier alpha value is -3.85. The van der Waals surface area contributed by atoms with Crippen molar-refractivity contribution in [3.05, 3.63) is 82.0 Å². The Bertz CT molecular complexity index is 1320. The number of aryl methyl sites for hydroxylation is 1. The van der Waals surface area contributed by atoms with Crippen LogP contribution in [0.3, 0.4) is 0 Å². The highest BCUT2D eigenvalue weighted by molar-refractivity contribution is 5.96. The number of aromatic nitrogens is 4. The number of piperazine rings is 1. The summed E-state index contributed by atoms with van der Waals surface area (Å²) in [4.78, 5) is 29.2. The Morgan fingerprint density at radius 2 is 1.78 bits per heavy atom. The Morgan fingerprint density at radius 1 is 1.03 bits per heavy atom. The van der Waals surface area contributed by atoms with E-state index in [0.29, 0.717) is 38.3 Å². The van der Waals surface area contributed by atoms with E-state index in [-0.39, 0.29) is 11.5 Å². The van der Waals surface area contributed by atoms with Crippen molar-refractivity contribution < 1.29 is 9.21 Å². The average Bonchev–Trinajstić information content (AvgIpc) is 3.27. The highest BCUT2D eigenvalue weighted by Gasteiger charge is 2.26. The second-order valence-corrected chi connectivity index (χ2v) is 7.90. The van der Waals surface area contributed by atoms with E-state index in [1.54, 1.807) is 27.8 Å². The van der Waals surface area contributed by atoms with Crippen molar-refractivity contribution >= 4 is 16.9 Å². The molecule has 4 aromatic rings. The number of fused-ring (bicyclic) bond motifs is 1. The van der Waals surface area contributed by atoms with Crippen LogP contribution in [0.2, 0.25) is 0 Å². The molecule has 5 rings (SSSR count). The Balaban J connectivity index is 1.26. The molecule has 162 valence electrons. The van der Waals surface area contributed by atoms with Crippen LogP contribution in [-0.2, 0) is 6.54 Å². The predicted molar refractivity (Wildman–Crippen MR) is 118 cm³/mol. The van der Waals surface area contributed by atoms with Gasteiger partial charge in [0.2, 0.25) is 0 Å². The molecule has 9 nitrogen and oxygen atoms in total. The summed E-state index contributed by atoms with van der Waals surface area (Å²) in [6, 6.07) is 16.8. The lowest BCUT2D eigenvalue weighted by molar-refractivity contribution is 0.0620. The van der Waals surface area contributed by atoms with E-state index in [4.69, 9.17) is 4.42 Å². The predicted octanol–water partition coefficient (Wildman–Crippen LogP) is 2.04. The van der Waals surface area contributed by atoms with Gasteiger partial charge in [-0.05, 0) is 41.6 Å². The zero-order chi connectivity index (χ0) is 22.1. The van der Waals surface area contributed by atoms with Gasteiger partial charge in [-0.2, -0.15) is 4.68 Å². The molecule has 2 aromatic carbocycles. The summed E-state index contributed by atoms with van der Waals surface area (Å²) in [5.74, 6) is 0.442. The molecule has 0 atom stereocenters. The maximum atomic E-state index is 13.0. The highest BCUT2D eigenvalue weighted by Crippen LogP contribution is 2.16. The van der Waals surface area contributed by atoms with Gasteiger partial charge in [0.1, 0.15) is 11.1 Å². The maximum absolute atomic E-state index is 13.0. The number of tetrazole rings is 1.